The van der Waals surface area contributed by atoms with Gasteiger partial charge in [0, 0.05) is 24.7 Å². The average molecular weight is 232 g/mol. The van der Waals surface area contributed by atoms with Gasteiger partial charge in [0.2, 0.25) is 0 Å². The number of sulfone groups is 1. The molecule has 2 N–H and O–H groups in total. The molecule has 1 heterocycles. The molecule has 1 saturated carbocycles. The first kappa shape index (κ1) is 11.4. The highest BCUT2D eigenvalue weighted by atomic mass is 32.2. The summed E-state index contributed by atoms with van der Waals surface area (Å²) in [6, 6.07) is 1.00. The lowest BCUT2D eigenvalue weighted by atomic mass is 10.1. The van der Waals surface area contributed by atoms with Crippen LogP contribution < -0.4 is 5.73 Å². The Morgan fingerprint density at radius 1 is 1.33 bits per heavy atom. The molecular formula is C10H20N2O2S. The predicted molar refractivity (Wildman–Crippen MR) is 60.4 cm³/mol. The second-order valence-electron chi connectivity index (χ2n) is 4.93. The summed E-state index contributed by atoms with van der Waals surface area (Å²) in [5.74, 6) is 0.641. The van der Waals surface area contributed by atoms with E-state index in [1.807, 2.05) is 6.92 Å². The van der Waals surface area contributed by atoms with Gasteiger partial charge < -0.3 is 5.73 Å². The van der Waals surface area contributed by atoms with Gasteiger partial charge in [0.15, 0.2) is 9.84 Å². The molecule has 0 aromatic carbocycles. The molecule has 0 amide bonds. The Kier molecular flexibility index (Phi) is 3.05. The van der Waals surface area contributed by atoms with E-state index in [9.17, 15) is 8.42 Å². The molecule has 2 fully saturated rings. The minimum absolute atomic E-state index is 0.166. The number of hydrogen-bond donors (Lipinski definition) is 1. The minimum atomic E-state index is -2.78. The largest absolute Gasteiger partial charge is 0.328 e. The van der Waals surface area contributed by atoms with Crippen LogP contribution in [-0.2, 0) is 9.84 Å². The fourth-order valence-electron chi connectivity index (χ4n) is 2.85. The summed E-state index contributed by atoms with van der Waals surface area (Å²) in [6.07, 6.45) is 3.25. The van der Waals surface area contributed by atoms with Crippen LogP contribution in [0.3, 0.4) is 0 Å². The zero-order valence-electron chi connectivity index (χ0n) is 9.22. The van der Waals surface area contributed by atoms with Crippen molar-refractivity contribution >= 4 is 9.84 Å². The molecule has 1 aliphatic carbocycles. The molecule has 5 heteroatoms. The topological polar surface area (TPSA) is 63.4 Å². The van der Waals surface area contributed by atoms with Gasteiger partial charge in [-0.15, -0.1) is 0 Å². The van der Waals surface area contributed by atoms with Crippen molar-refractivity contribution in [3.63, 3.8) is 0 Å². The van der Waals surface area contributed by atoms with E-state index in [-0.39, 0.29) is 6.04 Å². The molecule has 4 nitrogen and oxygen atoms in total. The Bertz CT molecular complexity index is 328. The highest BCUT2D eigenvalue weighted by molar-refractivity contribution is 7.91. The van der Waals surface area contributed by atoms with E-state index < -0.39 is 9.84 Å². The van der Waals surface area contributed by atoms with Crippen molar-refractivity contribution in [3.8, 4) is 0 Å². The zero-order valence-corrected chi connectivity index (χ0v) is 10.0. The fourth-order valence-corrected chi connectivity index (χ4v) is 4.43. The molecule has 15 heavy (non-hydrogen) atoms. The van der Waals surface area contributed by atoms with E-state index in [1.165, 1.54) is 0 Å². The number of nitrogens with two attached hydrogens (primary N) is 1. The lowest BCUT2D eigenvalue weighted by Gasteiger charge is -2.37. The summed E-state index contributed by atoms with van der Waals surface area (Å²) in [5.41, 5.74) is 5.89. The second-order valence-corrected chi connectivity index (χ2v) is 7.16. The van der Waals surface area contributed by atoms with Crippen LogP contribution in [0.5, 0.6) is 0 Å². The van der Waals surface area contributed by atoms with Crippen LogP contribution in [0.4, 0.5) is 0 Å². The maximum atomic E-state index is 11.4. The number of nitrogens with zero attached hydrogens (tertiary/aromatic N) is 1. The quantitative estimate of drug-likeness (QED) is 0.690. The van der Waals surface area contributed by atoms with Crippen molar-refractivity contribution in [2.24, 2.45) is 5.73 Å². The first-order valence-corrected chi connectivity index (χ1v) is 7.52. The van der Waals surface area contributed by atoms with Crippen molar-refractivity contribution in [1.29, 1.82) is 0 Å². The highest BCUT2D eigenvalue weighted by Gasteiger charge is 2.35. The molecule has 3 atom stereocenters. The summed E-state index contributed by atoms with van der Waals surface area (Å²) < 4.78 is 22.9. The van der Waals surface area contributed by atoms with Crippen LogP contribution in [0, 0.1) is 0 Å². The molecule has 0 aromatic heterocycles. The lowest BCUT2D eigenvalue weighted by Crippen LogP contribution is -2.51. The molecule has 2 rings (SSSR count). The molecule has 0 spiro atoms. The Morgan fingerprint density at radius 3 is 2.60 bits per heavy atom. The van der Waals surface area contributed by atoms with Gasteiger partial charge in [-0.2, -0.15) is 0 Å². The SMILES string of the molecule is CC1CS(=O)(=O)CCN1C1CCC(N)C1. The van der Waals surface area contributed by atoms with Gasteiger partial charge in [0.1, 0.15) is 0 Å². The van der Waals surface area contributed by atoms with Gasteiger partial charge in [0.25, 0.3) is 0 Å². The van der Waals surface area contributed by atoms with Gasteiger partial charge >= 0.3 is 0 Å². The molecule has 0 bridgehead atoms. The normalized spacial score (nSPS) is 41.9. The molecule has 88 valence electrons. The highest BCUT2D eigenvalue weighted by Crippen LogP contribution is 2.26. The summed E-state index contributed by atoms with van der Waals surface area (Å²) >= 11 is 0. The van der Waals surface area contributed by atoms with Crippen molar-refractivity contribution in [1.82, 2.24) is 4.90 Å². The average Bonchev–Trinajstić information content (AvgIpc) is 2.50. The van der Waals surface area contributed by atoms with Crippen LogP contribution in [0.1, 0.15) is 26.2 Å². The zero-order chi connectivity index (χ0) is 11.1. The van der Waals surface area contributed by atoms with E-state index >= 15 is 0 Å². The van der Waals surface area contributed by atoms with Crippen molar-refractivity contribution in [2.45, 2.75) is 44.3 Å². The van der Waals surface area contributed by atoms with Gasteiger partial charge in [-0.1, -0.05) is 0 Å². The standard InChI is InChI=1S/C10H20N2O2S/c1-8-7-15(13,14)5-4-12(8)10-3-2-9(11)6-10/h8-10H,2-7,11H2,1H3. The predicted octanol–water partition coefficient (Wildman–Crippen LogP) is -0.0149. The molecule has 1 aliphatic heterocycles. The van der Waals surface area contributed by atoms with Gasteiger partial charge in [-0.05, 0) is 26.2 Å². The molecule has 0 aromatic rings. The van der Waals surface area contributed by atoms with Crippen molar-refractivity contribution in [3.05, 3.63) is 0 Å². The van der Waals surface area contributed by atoms with Crippen LogP contribution in [0.25, 0.3) is 0 Å². The first-order valence-electron chi connectivity index (χ1n) is 5.70. The molecule has 3 unspecified atom stereocenters. The maximum absolute atomic E-state index is 11.4. The van der Waals surface area contributed by atoms with E-state index in [1.54, 1.807) is 0 Å². The number of hydrogen-bond acceptors (Lipinski definition) is 4. The Labute approximate surface area is 91.7 Å². The summed E-state index contributed by atoms with van der Waals surface area (Å²) in [5, 5.41) is 0. The van der Waals surface area contributed by atoms with Crippen molar-refractivity contribution < 1.29 is 8.42 Å². The van der Waals surface area contributed by atoms with Crippen LogP contribution in [0.2, 0.25) is 0 Å². The van der Waals surface area contributed by atoms with E-state index in [0.29, 0.717) is 30.1 Å². The molecule has 1 saturated heterocycles. The van der Waals surface area contributed by atoms with Gasteiger partial charge in [-0.25, -0.2) is 8.42 Å². The fraction of sp³-hybridized carbons (Fsp3) is 1.00. The third-order valence-corrected chi connectivity index (χ3v) is 5.43. The van der Waals surface area contributed by atoms with Gasteiger partial charge in [-0.3, -0.25) is 4.90 Å². The van der Waals surface area contributed by atoms with Crippen LogP contribution in [0.15, 0.2) is 0 Å². The van der Waals surface area contributed by atoms with E-state index in [0.717, 1.165) is 19.3 Å². The number of rotatable bonds is 1. The summed E-state index contributed by atoms with van der Waals surface area (Å²) in [6.45, 7) is 2.71. The Hall–Kier alpha value is -0.130. The Morgan fingerprint density at radius 2 is 2.07 bits per heavy atom. The van der Waals surface area contributed by atoms with Gasteiger partial charge in [0.05, 0.1) is 11.5 Å². The summed E-state index contributed by atoms with van der Waals surface area (Å²) in [4.78, 5) is 2.34. The molecular weight excluding hydrogens is 212 g/mol. The lowest BCUT2D eigenvalue weighted by molar-refractivity contribution is 0.159. The first-order chi connectivity index (χ1) is 6.98. The second kappa shape index (κ2) is 4.03. The van der Waals surface area contributed by atoms with E-state index in [2.05, 4.69) is 4.90 Å². The van der Waals surface area contributed by atoms with Crippen molar-refractivity contribution in [2.75, 3.05) is 18.1 Å². The summed E-state index contributed by atoms with van der Waals surface area (Å²) in [7, 11) is -2.78. The van der Waals surface area contributed by atoms with Crippen LogP contribution >= 0.6 is 0 Å². The smallest absolute Gasteiger partial charge is 0.153 e. The van der Waals surface area contributed by atoms with Crippen LogP contribution in [-0.4, -0.2) is 49.5 Å². The Balaban J connectivity index is 2.00. The van der Waals surface area contributed by atoms with E-state index in [4.69, 9.17) is 5.73 Å². The monoisotopic (exact) mass is 232 g/mol. The molecule has 0 radical (unpaired) electrons. The third-order valence-electron chi connectivity index (χ3n) is 3.64. The minimum Gasteiger partial charge on any atom is -0.328 e. The molecule has 2 aliphatic rings. The third kappa shape index (κ3) is 2.52. The maximum Gasteiger partial charge on any atom is 0.153 e.